The van der Waals surface area contributed by atoms with Gasteiger partial charge in [0.05, 0.1) is 38.2 Å². The maximum absolute atomic E-state index is 5.62. The summed E-state index contributed by atoms with van der Waals surface area (Å²) in [6.07, 6.45) is 3.22. The lowest BCUT2D eigenvalue weighted by Gasteiger charge is -2.23. The maximum Gasteiger partial charge on any atom is 0.108 e. The largest absolute Gasteiger partial charge is 0.376 e. The standard InChI is InChI=1S/C11H18N2O2/c1-3-11-12-9(2)6-13(11)7-10-8-14-4-5-15-10/h6,10H,3-5,7-8H2,1-2H3. The molecule has 0 spiro atoms. The molecule has 84 valence electrons. The molecule has 1 aromatic heterocycles. The third-order valence-corrected chi connectivity index (χ3v) is 2.58. The average Bonchev–Trinajstić information content (AvgIpc) is 2.60. The molecule has 4 heteroatoms. The van der Waals surface area contributed by atoms with Gasteiger partial charge in [-0.2, -0.15) is 0 Å². The molecule has 4 nitrogen and oxygen atoms in total. The summed E-state index contributed by atoms with van der Waals surface area (Å²) in [6, 6.07) is 0. The molecule has 0 aliphatic carbocycles. The molecule has 1 aromatic rings. The Labute approximate surface area is 90.2 Å². The van der Waals surface area contributed by atoms with Gasteiger partial charge in [-0.25, -0.2) is 4.98 Å². The highest BCUT2D eigenvalue weighted by Crippen LogP contribution is 2.09. The van der Waals surface area contributed by atoms with Gasteiger partial charge in [-0.15, -0.1) is 0 Å². The van der Waals surface area contributed by atoms with Crippen LogP contribution < -0.4 is 0 Å². The summed E-state index contributed by atoms with van der Waals surface area (Å²) < 4.78 is 13.2. The van der Waals surface area contributed by atoms with Gasteiger partial charge in [0.15, 0.2) is 0 Å². The molecular weight excluding hydrogens is 192 g/mol. The highest BCUT2D eigenvalue weighted by Gasteiger charge is 2.16. The zero-order valence-corrected chi connectivity index (χ0v) is 9.40. The van der Waals surface area contributed by atoms with Gasteiger partial charge in [0.25, 0.3) is 0 Å². The number of aryl methyl sites for hydroxylation is 2. The van der Waals surface area contributed by atoms with Crippen LogP contribution in [0.5, 0.6) is 0 Å². The quantitative estimate of drug-likeness (QED) is 0.751. The minimum Gasteiger partial charge on any atom is -0.376 e. The minimum atomic E-state index is 0.178. The first-order valence-electron chi connectivity index (χ1n) is 5.51. The van der Waals surface area contributed by atoms with E-state index in [1.54, 1.807) is 0 Å². The third kappa shape index (κ3) is 2.58. The van der Waals surface area contributed by atoms with Gasteiger partial charge in [-0.1, -0.05) is 6.92 Å². The van der Waals surface area contributed by atoms with Crippen molar-refractivity contribution in [3.05, 3.63) is 17.7 Å². The molecule has 0 bridgehead atoms. The fraction of sp³-hybridized carbons (Fsp3) is 0.727. The lowest BCUT2D eigenvalue weighted by Crippen LogP contribution is -2.32. The van der Waals surface area contributed by atoms with E-state index in [9.17, 15) is 0 Å². The predicted octanol–water partition coefficient (Wildman–Crippen LogP) is 1.17. The molecule has 0 radical (unpaired) electrons. The number of hydrogen-bond acceptors (Lipinski definition) is 3. The van der Waals surface area contributed by atoms with Crippen LogP contribution in [0, 0.1) is 6.92 Å². The highest BCUT2D eigenvalue weighted by atomic mass is 16.6. The summed E-state index contributed by atoms with van der Waals surface area (Å²) >= 11 is 0. The van der Waals surface area contributed by atoms with Crippen LogP contribution >= 0.6 is 0 Å². The topological polar surface area (TPSA) is 36.3 Å². The Hall–Kier alpha value is -0.870. The molecule has 15 heavy (non-hydrogen) atoms. The summed E-state index contributed by atoms with van der Waals surface area (Å²) in [5.41, 5.74) is 1.07. The Morgan fingerprint density at radius 3 is 3.07 bits per heavy atom. The molecule has 0 amide bonds. The van der Waals surface area contributed by atoms with Gasteiger partial charge in [0.1, 0.15) is 5.82 Å². The van der Waals surface area contributed by atoms with Gasteiger partial charge in [0, 0.05) is 12.6 Å². The second-order valence-corrected chi connectivity index (χ2v) is 3.87. The Balaban J connectivity index is 2.02. The monoisotopic (exact) mass is 210 g/mol. The van der Waals surface area contributed by atoms with Crippen LogP contribution in [0.15, 0.2) is 6.20 Å². The minimum absolute atomic E-state index is 0.178. The van der Waals surface area contributed by atoms with E-state index in [0.717, 1.165) is 31.1 Å². The van der Waals surface area contributed by atoms with Crippen LogP contribution in [0.1, 0.15) is 18.4 Å². The second kappa shape index (κ2) is 4.77. The van der Waals surface area contributed by atoms with Crippen LogP contribution in [0.25, 0.3) is 0 Å². The van der Waals surface area contributed by atoms with Crippen LogP contribution in [-0.4, -0.2) is 35.5 Å². The van der Waals surface area contributed by atoms with E-state index in [1.807, 2.05) is 6.92 Å². The Kier molecular flexibility index (Phi) is 3.38. The summed E-state index contributed by atoms with van der Waals surface area (Å²) in [7, 11) is 0. The molecule has 1 fully saturated rings. The average molecular weight is 210 g/mol. The van der Waals surface area contributed by atoms with Crippen LogP contribution in [0.4, 0.5) is 0 Å². The Morgan fingerprint density at radius 2 is 2.40 bits per heavy atom. The normalized spacial score (nSPS) is 21.9. The summed E-state index contributed by atoms with van der Waals surface area (Å²) in [5.74, 6) is 1.13. The van der Waals surface area contributed by atoms with E-state index < -0.39 is 0 Å². The molecule has 1 unspecified atom stereocenters. The molecule has 2 rings (SSSR count). The van der Waals surface area contributed by atoms with Crippen molar-refractivity contribution in [1.29, 1.82) is 0 Å². The molecular formula is C11H18N2O2. The van der Waals surface area contributed by atoms with Crippen molar-refractivity contribution in [1.82, 2.24) is 9.55 Å². The van der Waals surface area contributed by atoms with Crippen molar-refractivity contribution >= 4 is 0 Å². The van der Waals surface area contributed by atoms with E-state index in [2.05, 4.69) is 22.7 Å². The first-order chi connectivity index (χ1) is 7.29. The van der Waals surface area contributed by atoms with Gasteiger partial charge in [0.2, 0.25) is 0 Å². The van der Waals surface area contributed by atoms with E-state index >= 15 is 0 Å². The van der Waals surface area contributed by atoms with Gasteiger partial charge in [-0.05, 0) is 6.92 Å². The molecule has 0 aromatic carbocycles. The molecule has 1 aliphatic heterocycles. The van der Waals surface area contributed by atoms with Gasteiger partial charge >= 0.3 is 0 Å². The molecule has 0 N–H and O–H groups in total. The molecule has 2 heterocycles. The Morgan fingerprint density at radius 1 is 1.53 bits per heavy atom. The van der Waals surface area contributed by atoms with Crippen LogP contribution in [-0.2, 0) is 22.4 Å². The van der Waals surface area contributed by atoms with Gasteiger partial charge in [-0.3, -0.25) is 0 Å². The number of aromatic nitrogens is 2. The first-order valence-corrected chi connectivity index (χ1v) is 5.51. The summed E-state index contributed by atoms with van der Waals surface area (Å²) in [6.45, 7) is 7.12. The number of imidazole rings is 1. The maximum atomic E-state index is 5.62. The molecule has 0 saturated carbocycles. The smallest absolute Gasteiger partial charge is 0.108 e. The molecule has 1 atom stereocenters. The summed E-state index contributed by atoms with van der Waals surface area (Å²) in [4.78, 5) is 4.46. The fourth-order valence-electron chi connectivity index (χ4n) is 1.90. The Bertz CT molecular complexity index is 316. The number of rotatable bonds is 3. The number of hydrogen-bond donors (Lipinski definition) is 0. The van der Waals surface area contributed by atoms with Gasteiger partial charge < -0.3 is 14.0 Å². The van der Waals surface area contributed by atoms with E-state index in [-0.39, 0.29) is 6.10 Å². The number of ether oxygens (including phenoxy) is 2. The second-order valence-electron chi connectivity index (χ2n) is 3.87. The third-order valence-electron chi connectivity index (χ3n) is 2.58. The van der Waals surface area contributed by atoms with Crippen LogP contribution in [0.2, 0.25) is 0 Å². The van der Waals surface area contributed by atoms with Crippen molar-refractivity contribution in [2.45, 2.75) is 32.9 Å². The fourth-order valence-corrected chi connectivity index (χ4v) is 1.90. The van der Waals surface area contributed by atoms with Crippen molar-refractivity contribution in [2.75, 3.05) is 19.8 Å². The van der Waals surface area contributed by atoms with E-state index in [1.165, 1.54) is 0 Å². The zero-order chi connectivity index (χ0) is 10.7. The van der Waals surface area contributed by atoms with E-state index in [4.69, 9.17) is 9.47 Å². The molecule has 1 saturated heterocycles. The van der Waals surface area contributed by atoms with Crippen molar-refractivity contribution < 1.29 is 9.47 Å². The van der Waals surface area contributed by atoms with Crippen molar-refractivity contribution in [3.63, 3.8) is 0 Å². The van der Waals surface area contributed by atoms with Crippen molar-refractivity contribution in [3.8, 4) is 0 Å². The SMILES string of the molecule is CCc1nc(C)cn1CC1COCCO1. The summed E-state index contributed by atoms with van der Waals surface area (Å²) in [5, 5.41) is 0. The van der Waals surface area contributed by atoms with Crippen molar-refractivity contribution in [2.24, 2.45) is 0 Å². The highest BCUT2D eigenvalue weighted by molar-refractivity contribution is 5.02. The lowest BCUT2D eigenvalue weighted by molar-refractivity contribution is -0.0938. The predicted molar refractivity (Wildman–Crippen MR) is 56.9 cm³/mol. The van der Waals surface area contributed by atoms with Crippen LogP contribution in [0.3, 0.4) is 0 Å². The van der Waals surface area contributed by atoms with E-state index in [0.29, 0.717) is 13.2 Å². The first kappa shape index (κ1) is 10.6. The number of nitrogens with zero attached hydrogens (tertiary/aromatic N) is 2. The zero-order valence-electron chi connectivity index (χ0n) is 9.40. The molecule has 1 aliphatic rings. The lowest BCUT2D eigenvalue weighted by atomic mass is 10.3.